The van der Waals surface area contributed by atoms with Gasteiger partial charge in [-0.3, -0.25) is 0 Å². The number of rotatable bonds is 4. The molecule has 0 amide bonds. The van der Waals surface area contributed by atoms with Crippen molar-refractivity contribution in [3.63, 3.8) is 0 Å². The highest BCUT2D eigenvalue weighted by molar-refractivity contribution is 6.31. The molecule has 18 heavy (non-hydrogen) atoms. The van der Waals surface area contributed by atoms with Crippen LogP contribution in [0.3, 0.4) is 0 Å². The zero-order chi connectivity index (χ0) is 13.0. The summed E-state index contributed by atoms with van der Waals surface area (Å²) < 4.78 is 0. The van der Waals surface area contributed by atoms with Gasteiger partial charge in [-0.1, -0.05) is 59.6 Å². The first-order valence-corrected chi connectivity index (χ1v) is 6.65. The van der Waals surface area contributed by atoms with Crippen LogP contribution in [0, 0.1) is 0 Å². The second-order valence-electron chi connectivity index (χ2n) is 4.22. The van der Waals surface area contributed by atoms with Crippen LogP contribution in [0.5, 0.6) is 0 Å². The van der Waals surface area contributed by atoms with Crippen molar-refractivity contribution in [1.82, 2.24) is 5.32 Å². The highest BCUT2D eigenvalue weighted by Crippen LogP contribution is 2.23. The van der Waals surface area contributed by atoms with Gasteiger partial charge in [0.2, 0.25) is 0 Å². The van der Waals surface area contributed by atoms with E-state index in [1.807, 2.05) is 48.5 Å². The van der Waals surface area contributed by atoms with E-state index >= 15 is 0 Å². The molecule has 94 valence electrons. The van der Waals surface area contributed by atoms with Crippen molar-refractivity contribution in [2.45, 2.75) is 19.5 Å². The number of hydrogen-bond acceptors (Lipinski definition) is 1. The van der Waals surface area contributed by atoms with E-state index in [-0.39, 0.29) is 6.04 Å². The topological polar surface area (TPSA) is 12.0 Å². The predicted molar refractivity (Wildman–Crippen MR) is 78.2 cm³/mol. The van der Waals surface area contributed by atoms with Crippen LogP contribution in [0.1, 0.15) is 24.1 Å². The zero-order valence-corrected chi connectivity index (χ0v) is 11.7. The molecular weight excluding hydrogens is 265 g/mol. The summed E-state index contributed by atoms with van der Waals surface area (Å²) in [6.45, 7) is 2.82. The van der Waals surface area contributed by atoms with Crippen molar-refractivity contribution >= 4 is 23.2 Å². The van der Waals surface area contributed by atoms with Gasteiger partial charge in [0.1, 0.15) is 0 Å². The van der Waals surface area contributed by atoms with E-state index in [1.165, 1.54) is 0 Å². The Morgan fingerprint density at radius 2 is 1.56 bits per heavy atom. The van der Waals surface area contributed by atoms with E-state index in [0.717, 1.165) is 27.7 Å². The zero-order valence-electron chi connectivity index (χ0n) is 10.2. The monoisotopic (exact) mass is 279 g/mol. The normalized spacial score (nSPS) is 12.4. The first-order chi connectivity index (χ1) is 8.68. The smallest absolute Gasteiger partial charge is 0.0453 e. The molecule has 0 fully saturated rings. The number of benzene rings is 2. The predicted octanol–water partition coefficient (Wildman–Crippen LogP) is 4.84. The summed E-state index contributed by atoms with van der Waals surface area (Å²) in [7, 11) is 0. The number of nitrogens with one attached hydrogen (secondary N) is 1. The molecule has 1 atom stereocenters. The van der Waals surface area contributed by atoms with Crippen molar-refractivity contribution in [3.05, 3.63) is 69.7 Å². The summed E-state index contributed by atoms with van der Waals surface area (Å²) in [6, 6.07) is 15.9. The van der Waals surface area contributed by atoms with Crippen LogP contribution in [-0.4, -0.2) is 0 Å². The standard InChI is InChI=1S/C15H15Cl2N/c1-11(13-7-3-5-9-15(13)17)18-10-12-6-2-4-8-14(12)16/h2-9,11,18H,10H2,1H3. The Balaban J connectivity index is 2.03. The summed E-state index contributed by atoms with van der Waals surface area (Å²) in [5, 5.41) is 5.00. The Morgan fingerprint density at radius 1 is 0.944 bits per heavy atom. The van der Waals surface area contributed by atoms with Crippen LogP contribution in [0.2, 0.25) is 10.0 Å². The highest BCUT2D eigenvalue weighted by atomic mass is 35.5. The molecule has 0 heterocycles. The van der Waals surface area contributed by atoms with Crippen LogP contribution in [-0.2, 0) is 6.54 Å². The van der Waals surface area contributed by atoms with Gasteiger partial charge in [0.15, 0.2) is 0 Å². The average molecular weight is 280 g/mol. The maximum Gasteiger partial charge on any atom is 0.0453 e. The van der Waals surface area contributed by atoms with E-state index in [0.29, 0.717) is 0 Å². The third-order valence-corrected chi connectivity index (χ3v) is 3.64. The Bertz CT molecular complexity index is 525. The van der Waals surface area contributed by atoms with Gasteiger partial charge >= 0.3 is 0 Å². The minimum atomic E-state index is 0.190. The molecule has 0 radical (unpaired) electrons. The molecule has 2 rings (SSSR count). The first-order valence-electron chi connectivity index (χ1n) is 5.89. The number of hydrogen-bond donors (Lipinski definition) is 1. The van der Waals surface area contributed by atoms with Crippen LogP contribution < -0.4 is 5.32 Å². The first kappa shape index (κ1) is 13.4. The molecule has 0 saturated heterocycles. The lowest BCUT2D eigenvalue weighted by molar-refractivity contribution is 0.575. The van der Waals surface area contributed by atoms with Gasteiger partial charge in [0, 0.05) is 22.6 Å². The summed E-state index contributed by atoms with van der Waals surface area (Å²) >= 11 is 12.3. The molecule has 3 heteroatoms. The Labute approximate surface area is 118 Å². The average Bonchev–Trinajstić information content (AvgIpc) is 2.38. The van der Waals surface area contributed by atoms with E-state index in [9.17, 15) is 0 Å². The summed E-state index contributed by atoms with van der Waals surface area (Å²) in [5.41, 5.74) is 2.20. The van der Waals surface area contributed by atoms with Gasteiger partial charge in [0.25, 0.3) is 0 Å². The van der Waals surface area contributed by atoms with Crippen LogP contribution in [0.4, 0.5) is 0 Å². The van der Waals surface area contributed by atoms with Gasteiger partial charge < -0.3 is 5.32 Å². The lowest BCUT2D eigenvalue weighted by Crippen LogP contribution is -2.18. The summed E-state index contributed by atoms with van der Waals surface area (Å²) in [6.07, 6.45) is 0. The fraction of sp³-hybridized carbons (Fsp3) is 0.200. The Hall–Kier alpha value is -1.02. The van der Waals surface area contributed by atoms with E-state index < -0.39 is 0 Å². The van der Waals surface area contributed by atoms with Gasteiger partial charge in [-0.05, 0) is 30.2 Å². The second-order valence-corrected chi connectivity index (χ2v) is 5.03. The Morgan fingerprint density at radius 3 is 2.22 bits per heavy atom. The molecule has 0 saturated carbocycles. The van der Waals surface area contributed by atoms with E-state index in [2.05, 4.69) is 12.2 Å². The third-order valence-electron chi connectivity index (χ3n) is 2.93. The molecule has 2 aromatic rings. The van der Waals surface area contributed by atoms with Gasteiger partial charge in [-0.15, -0.1) is 0 Å². The maximum atomic E-state index is 6.17. The summed E-state index contributed by atoms with van der Waals surface area (Å²) in [4.78, 5) is 0. The molecule has 2 aromatic carbocycles. The second kappa shape index (κ2) is 6.24. The largest absolute Gasteiger partial charge is 0.306 e. The van der Waals surface area contributed by atoms with Crippen molar-refractivity contribution in [2.75, 3.05) is 0 Å². The van der Waals surface area contributed by atoms with Crippen molar-refractivity contribution in [2.24, 2.45) is 0 Å². The molecule has 0 aliphatic carbocycles. The third kappa shape index (κ3) is 3.26. The maximum absolute atomic E-state index is 6.17. The van der Waals surface area contributed by atoms with Crippen molar-refractivity contribution in [3.8, 4) is 0 Å². The van der Waals surface area contributed by atoms with Crippen LogP contribution in [0.15, 0.2) is 48.5 Å². The summed E-state index contributed by atoms with van der Waals surface area (Å²) in [5.74, 6) is 0. The lowest BCUT2D eigenvalue weighted by atomic mass is 10.1. The molecule has 0 spiro atoms. The quantitative estimate of drug-likeness (QED) is 0.844. The van der Waals surface area contributed by atoms with Crippen molar-refractivity contribution in [1.29, 1.82) is 0 Å². The fourth-order valence-electron chi connectivity index (χ4n) is 1.84. The molecule has 1 N–H and O–H groups in total. The van der Waals surface area contributed by atoms with Crippen LogP contribution in [0.25, 0.3) is 0 Å². The molecule has 0 bridgehead atoms. The fourth-order valence-corrected chi connectivity index (χ4v) is 2.34. The number of halogens is 2. The van der Waals surface area contributed by atoms with Gasteiger partial charge in [-0.25, -0.2) is 0 Å². The van der Waals surface area contributed by atoms with Gasteiger partial charge in [-0.2, -0.15) is 0 Å². The lowest BCUT2D eigenvalue weighted by Gasteiger charge is -2.16. The van der Waals surface area contributed by atoms with E-state index in [1.54, 1.807) is 0 Å². The molecule has 0 aliphatic rings. The molecular formula is C15H15Cl2N. The minimum absolute atomic E-state index is 0.190. The van der Waals surface area contributed by atoms with Crippen LogP contribution >= 0.6 is 23.2 Å². The van der Waals surface area contributed by atoms with Crippen molar-refractivity contribution < 1.29 is 0 Å². The SMILES string of the molecule is CC(NCc1ccccc1Cl)c1ccccc1Cl. The molecule has 0 aromatic heterocycles. The van der Waals surface area contributed by atoms with Gasteiger partial charge in [0.05, 0.1) is 0 Å². The van der Waals surface area contributed by atoms with E-state index in [4.69, 9.17) is 23.2 Å². The molecule has 1 unspecified atom stereocenters. The minimum Gasteiger partial charge on any atom is -0.306 e. The highest BCUT2D eigenvalue weighted by Gasteiger charge is 2.08. The molecule has 0 aliphatic heterocycles. The Kier molecular flexibility index (Phi) is 4.65. The molecule has 1 nitrogen and oxygen atoms in total.